The van der Waals surface area contributed by atoms with Gasteiger partial charge in [-0.2, -0.15) is 9.78 Å². The lowest BCUT2D eigenvalue weighted by Crippen LogP contribution is -2.38. The number of morpholine rings is 1. The Kier molecular flexibility index (Phi) is 5.43. The molecule has 1 saturated heterocycles. The Bertz CT molecular complexity index is 1020. The fourth-order valence-corrected chi connectivity index (χ4v) is 4.31. The van der Waals surface area contributed by atoms with E-state index < -0.39 is 5.56 Å². The highest BCUT2D eigenvalue weighted by Gasteiger charge is 2.24. The van der Waals surface area contributed by atoms with Crippen molar-refractivity contribution in [1.29, 1.82) is 0 Å². The highest BCUT2D eigenvalue weighted by atomic mass is 35.5. The predicted molar refractivity (Wildman–Crippen MR) is 110 cm³/mol. The Morgan fingerprint density at radius 2 is 2.04 bits per heavy atom. The molecule has 1 aromatic carbocycles. The Hall–Kier alpha value is -1.57. The molecule has 0 spiro atoms. The van der Waals surface area contributed by atoms with Gasteiger partial charge in [0.2, 0.25) is 0 Å². The van der Waals surface area contributed by atoms with Crippen LogP contribution in [0.3, 0.4) is 0 Å². The van der Waals surface area contributed by atoms with Gasteiger partial charge >= 0.3 is 0 Å². The minimum absolute atomic E-state index is 0.0221. The SMILES string of the molecule is O=c1c(Cl)c(Cl)cnn1-c1ccc(N2CCOC(c3cccs3)C2)c(Cl)c1. The summed E-state index contributed by atoms with van der Waals surface area (Å²) >= 11 is 20.0. The van der Waals surface area contributed by atoms with Crippen LogP contribution in [0, 0.1) is 0 Å². The summed E-state index contributed by atoms with van der Waals surface area (Å²) in [5.41, 5.74) is 0.922. The first-order valence-corrected chi connectivity index (χ1v) is 10.2. The third-order valence-electron chi connectivity index (χ3n) is 4.32. The standard InChI is InChI=1S/C18H14Cl3N3O2S/c19-12-8-11(24-18(25)17(21)13(20)9-22-24)3-4-14(12)23-5-6-26-15(10-23)16-2-1-7-27-16/h1-4,7-9,15H,5-6,10H2. The number of anilines is 1. The van der Waals surface area contributed by atoms with Crippen LogP contribution in [0.1, 0.15) is 11.0 Å². The smallest absolute Gasteiger partial charge is 0.291 e. The molecule has 0 N–H and O–H groups in total. The molecule has 1 aliphatic rings. The molecule has 0 saturated carbocycles. The van der Waals surface area contributed by atoms with E-state index in [4.69, 9.17) is 39.5 Å². The lowest BCUT2D eigenvalue weighted by atomic mass is 10.2. The van der Waals surface area contributed by atoms with Gasteiger partial charge in [0.1, 0.15) is 11.1 Å². The van der Waals surface area contributed by atoms with E-state index in [0.717, 1.165) is 12.2 Å². The molecule has 0 amide bonds. The molecule has 9 heteroatoms. The molecule has 3 heterocycles. The topological polar surface area (TPSA) is 47.4 Å². The number of rotatable bonds is 3. The lowest BCUT2D eigenvalue weighted by Gasteiger charge is -2.34. The second-order valence-electron chi connectivity index (χ2n) is 5.98. The Morgan fingerprint density at radius 3 is 2.78 bits per heavy atom. The van der Waals surface area contributed by atoms with Gasteiger partial charge in [-0.15, -0.1) is 11.3 Å². The second-order valence-corrected chi connectivity index (χ2v) is 8.15. The number of aromatic nitrogens is 2. The first-order chi connectivity index (χ1) is 13.0. The number of hydrogen-bond donors (Lipinski definition) is 0. The second kappa shape index (κ2) is 7.81. The fraction of sp³-hybridized carbons (Fsp3) is 0.222. The molecule has 0 radical (unpaired) electrons. The molecular formula is C18H14Cl3N3O2S. The fourth-order valence-electron chi connectivity index (χ4n) is 3.00. The van der Waals surface area contributed by atoms with E-state index in [0.29, 0.717) is 23.9 Å². The van der Waals surface area contributed by atoms with Gasteiger partial charge in [-0.3, -0.25) is 4.79 Å². The number of thiophene rings is 1. The summed E-state index contributed by atoms with van der Waals surface area (Å²) < 4.78 is 7.07. The van der Waals surface area contributed by atoms with Crippen molar-refractivity contribution >= 4 is 51.8 Å². The van der Waals surface area contributed by atoms with Crippen molar-refractivity contribution in [3.8, 4) is 5.69 Å². The highest BCUT2D eigenvalue weighted by molar-refractivity contribution is 7.10. The summed E-state index contributed by atoms with van der Waals surface area (Å²) in [6.45, 7) is 2.07. The average molecular weight is 443 g/mol. The summed E-state index contributed by atoms with van der Waals surface area (Å²) in [6.07, 6.45) is 1.36. The molecule has 0 aliphatic carbocycles. The molecule has 27 heavy (non-hydrogen) atoms. The summed E-state index contributed by atoms with van der Waals surface area (Å²) in [5.74, 6) is 0. The van der Waals surface area contributed by atoms with Crippen molar-refractivity contribution < 1.29 is 4.74 Å². The van der Waals surface area contributed by atoms with Crippen LogP contribution in [0.5, 0.6) is 0 Å². The normalized spacial score (nSPS) is 17.3. The molecule has 2 aromatic heterocycles. The summed E-state index contributed by atoms with van der Waals surface area (Å²) in [5, 5.41) is 6.65. The van der Waals surface area contributed by atoms with Gasteiger partial charge in [0.15, 0.2) is 0 Å². The van der Waals surface area contributed by atoms with Crippen LogP contribution in [0.4, 0.5) is 5.69 Å². The van der Waals surface area contributed by atoms with Crippen molar-refractivity contribution in [2.45, 2.75) is 6.10 Å². The minimum Gasteiger partial charge on any atom is -0.369 e. The zero-order valence-electron chi connectivity index (χ0n) is 13.9. The summed E-state index contributed by atoms with van der Waals surface area (Å²) in [4.78, 5) is 15.7. The highest BCUT2D eigenvalue weighted by Crippen LogP contribution is 2.33. The Labute approximate surface area is 174 Å². The number of ether oxygens (including phenoxy) is 1. The van der Waals surface area contributed by atoms with E-state index in [9.17, 15) is 4.79 Å². The molecule has 1 aliphatic heterocycles. The van der Waals surface area contributed by atoms with Crippen LogP contribution < -0.4 is 10.5 Å². The quantitative estimate of drug-likeness (QED) is 0.583. The molecule has 4 rings (SSSR count). The third-order valence-corrected chi connectivity index (χ3v) is 6.34. The van der Waals surface area contributed by atoms with Crippen molar-refractivity contribution in [3.05, 3.63) is 72.2 Å². The average Bonchev–Trinajstić information content (AvgIpc) is 3.21. The van der Waals surface area contributed by atoms with Crippen LogP contribution in [0.2, 0.25) is 15.1 Å². The first kappa shape index (κ1) is 18.8. The van der Waals surface area contributed by atoms with Gasteiger partial charge in [-0.05, 0) is 29.6 Å². The zero-order valence-corrected chi connectivity index (χ0v) is 17.0. The van der Waals surface area contributed by atoms with Crippen molar-refractivity contribution in [2.24, 2.45) is 0 Å². The largest absolute Gasteiger partial charge is 0.369 e. The van der Waals surface area contributed by atoms with Crippen molar-refractivity contribution in [3.63, 3.8) is 0 Å². The van der Waals surface area contributed by atoms with Gasteiger partial charge in [0, 0.05) is 18.0 Å². The molecule has 1 unspecified atom stereocenters. The zero-order chi connectivity index (χ0) is 19.0. The van der Waals surface area contributed by atoms with Crippen LogP contribution in [-0.2, 0) is 4.74 Å². The first-order valence-electron chi connectivity index (χ1n) is 8.18. The molecule has 5 nitrogen and oxygen atoms in total. The molecule has 0 bridgehead atoms. The van der Waals surface area contributed by atoms with Gasteiger partial charge in [0.25, 0.3) is 5.56 Å². The maximum Gasteiger partial charge on any atom is 0.291 e. The van der Waals surface area contributed by atoms with E-state index in [-0.39, 0.29) is 16.1 Å². The van der Waals surface area contributed by atoms with Gasteiger partial charge < -0.3 is 9.64 Å². The monoisotopic (exact) mass is 441 g/mol. The van der Waals surface area contributed by atoms with E-state index in [2.05, 4.69) is 16.1 Å². The van der Waals surface area contributed by atoms with E-state index in [1.807, 2.05) is 17.5 Å². The van der Waals surface area contributed by atoms with Crippen molar-refractivity contribution in [2.75, 3.05) is 24.6 Å². The maximum atomic E-state index is 12.3. The van der Waals surface area contributed by atoms with Gasteiger partial charge in [-0.25, -0.2) is 0 Å². The molecular weight excluding hydrogens is 429 g/mol. The summed E-state index contributed by atoms with van der Waals surface area (Å²) in [6, 6.07) is 9.46. The minimum atomic E-state index is -0.489. The third kappa shape index (κ3) is 3.73. The van der Waals surface area contributed by atoms with E-state index in [1.165, 1.54) is 15.8 Å². The summed E-state index contributed by atoms with van der Waals surface area (Å²) in [7, 11) is 0. The van der Waals surface area contributed by atoms with Gasteiger partial charge in [0.05, 0.1) is 34.2 Å². The Morgan fingerprint density at radius 1 is 1.19 bits per heavy atom. The molecule has 140 valence electrons. The lowest BCUT2D eigenvalue weighted by molar-refractivity contribution is 0.0421. The van der Waals surface area contributed by atoms with E-state index in [1.54, 1.807) is 23.5 Å². The number of halogens is 3. The van der Waals surface area contributed by atoms with E-state index >= 15 is 0 Å². The maximum absolute atomic E-state index is 12.3. The number of nitrogens with zero attached hydrogens (tertiary/aromatic N) is 3. The number of hydrogen-bond acceptors (Lipinski definition) is 5. The Balaban J connectivity index is 1.62. The van der Waals surface area contributed by atoms with Gasteiger partial charge in [-0.1, -0.05) is 40.9 Å². The van der Waals surface area contributed by atoms with Crippen LogP contribution in [0.15, 0.2) is 46.7 Å². The van der Waals surface area contributed by atoms with Crippen LogP contribution in [0.25, 0.3) is 5.69 Å². The molecule has 1 atom stereocenters. The predicted octanol–water partition coefficient (Wildman–Crippen LogP) is 4.83. The van der Waals surface area contributed by atoms with Crippen LogP contribution >= 0.6 is 46.1 Å². The van der Waals surface area contributed by atoms with Crippen LogP contribution in [-0.4, -0.2) is 29.5 Å². The molecule has 1 fully saturated rings. The van der Waals surface area contributed by atoms with Crippen molar-refractivity contribution in [1.82, 2.24) is 9.78 Å². The number of benzene rings is 1. The molecule has 3 aromatic rings.